The molecule has 2 aromatic rings. The number of hydrogen-bond donors (Lipinski definition) is 1. The van der Waals surface area contributed by atoms with E-state index < -0.39 is 4.92 Å². The van der Waals surface area contributed by atoms with Crippen LogP contribution >= 0.6 is 0 Å². The average molecular weight is 274 g/mol. The van der Waals surface area contributed by atoms with Crippen molar-refractivity contribution >= 4 is 11.4 Å². The first-order valence-electron chi connectivity index (χ1n) is 6.64. The Morgan fingerprint density at radius 3 is 2.70 bits per heavy atom. The van der Waals surface area contributed by atoms with Gasteiger partial charge in [-0.15, -0.1) is 0 Å². The Hall–Kier alpha value is -2.37. The van der Waals surface area contributed by atoms with Crippen molar-refractivity contribution in [3.05, 3.63) is 51.3 Å². The standard InChI is InChI=1S/C14H18N4O2/c1-3-11-8-12(4-2)17(16-11)9-10-6-5-7-13(14(10)15)18(19)20/h5-8H,3-4,9,15H2,1-2H3. The molecule has 0 aliphatic heterocycles. The van der Waals surface area contributed by atoms with Gasteiger partial charge in [-0.1, -0.05) is 26.0 Å². The number of aryl methyl sites for hydroxylation is 2. The van der Waals surface area contributed by atoms with Crippen molar-refractivity contribution in [2.24, 2.45) is 0 Å². The first-order chi connectivity index (χ1) is 9.56. The Bertz CT molecular complexity index is 634. The second-order valence-corrected chi connectivity index (χ2v) is 4.60. The van der Waals surface area contributed by atoms with E-state index in [0.29, 0.717) is 6.54 Å². The number of nitrogens with two attached hydrogens (primary N) is 1. The van der Waals surface area contributed by atoms with Crippen molar-refractivity contribution in [3.8, 4) is 0 Å². The minimum absolute atomic E-state index is 0.0524. The fraction of sp³-hybridized carbons (Fsp3) is 0.357. The van der Waals surface area contributed by atoms with E-state index in [0.717, 1.165) is 29.8 Å². The Labute approximate surface area is 117 Å². The van der Waals surface area contributed by atoms with Gasteiger partial charge in [0.25, 0.3) is 5.69 Å². The summed E-state index contributed by atoms with van der Waals surface area (Å²) in [4.78, 5) is 10.4. The quantitative estimate of drug-likeness (QED) is 0.515. The van der Waals surface area contributed by atoms with Crippen LogP contribution in [-0.2, 0) is 19.4 Å². The molecule has 0 amide bonds. The maximum Gasteiger partial charge on any atom is 0.292 e. The first-order valence-corrected chi connectivity index (χ1v) is 6.64. The van der Waals surface area contributed by atoms with Gasteiger partial charge in [-0.05, 0) is 18.9 Å². The van der Waals surface area contributed by atoms with E-state index in [1.807, 2.05) is 11.6 Å². The number of nitro benzene ring substituents is 1. The first kappa shape index (κ1) is 14.0. The van der Waals surface area contributed by atoms with Crippen molar-refractivity contribution in [1.82, 2.24) is 9.78 Å². The van der Waals surface area contributed by atoms with Crippen LogP contribution in [0, 0.1) is 10.1 Å². The van der Waals surface area contributed by atoms with E-state index in [1.54, 1.807) is 12.1 Å². The molecule has 0 aliphatic carbocycles. The molecule has 1 aromatic heterocycles. The van der Waals surface area contributed by atoms with E-state index in [-0.39, 0.29) is 11.4 Å². The van der Waals surface area contributed by atoms with Crippen LogP contribution in [0.2, 0.25) is 0 Å². The van der Waals surface area contributed by atoms with E-state index >= 15 is 0 Å². The smallest absolute Gasteiger partial charge is 0.292 e. The number of rotatable bonds is 5. The molecule has 106 valence electrons. The van der Waals surface area contributed by atoms with E-state index in [2.05, 4.69) is 18.1 Å². The van der Waals surface area contributed by atoms with Gasteiger partial charge in [0.2, 0.25) is 0 Å². The molecule has 2 rings (SSSR count). The second kappa shape index (κ2) is 5.73. The zero-order valence-corrected chi connectivity index (χ0v) is 11.7. The summed E-state index contributed by atoms with van der Waals surface area (Å²) in [5.74, 6) is 0. The largest absolute Gasteiger partial charge is 0.393 e. The number of anilines is 1. The second-order valence-electron chi connectivity index (χ2n) is 4.60. The molecule has 6 heteroatoms. The highest BCUT2D eigenvalue weighted by atomic mass is 16.6. The summed E-state index contributed by atoms with van der Waals surface area (Å²) < 4.78 is 1.87. The van der Waals surface area contributed by atoms with Crippen molar-refractivity contribution in [2.45, 2.75) is 33.2 Å². The number of hydrogen-bond acceptors (Lipinski definition) is 4. The minimum Gasteiger partial charge on any atom is -0.393 e. The van der Waals surface area contributed by atoms with Crippen molar-refractivity contribution < 1.29 is 4.92 Å². The van der Waals surface area contributed by atoms with E-state index in [1.165, 1.54) is 6.07 Å². The summed E-state index contributed by atoms with van der Waals surface area (Å²) in [6.07, 6.45) is 1.73. The zero-order chi connectivity index (χ0) is 14.7. The molecule has 0 radical (unpaired) electrons. The fourth-order valence-corrected chi connectivity index (χ4v) is 2.17. The van der Waals surface area contributed by atoms with Crippen molar-refractivity contribution in [1.29, 1.82) is 0 Å². The minimum atomic E-state index is -0.458. The number of aromatic nitrogens is 2. The summed E-state index contributed by atoms with van der Waals surface area (Å²) in [6.45, 7) is 4.56. The summed E-state index contributed by atoms with van der Waals surface area (Å²) in [6, 6.07) is 6.93. The van der Waals surface area contributed by atoms with Gasteiger partial charge in [0, 0.05) is 17.3 Å². The van der Waals surface area contributed by atoms with Gasteiger partial charge >= 0.3 is 0 Å². The zero-order valence-electron chi connectivity index (χ0n) is 11.7. The molecule has 0 spiro atoms. The molecule has 0 bridgehead atoms. The summed E-state index contributed by atoms with van der Waals surface area (Å²) in [5, 5.41) is 15.4. The van der Waals surface area contributed by atoms with Crippen LogP contribution in [0.3, 0.4) is 0 Å². The lowest BCUT2D eigenvalue weighted by Crippen LogP contribution is -2.09. The molecule has 2 N–H and O–H groups in total. The average Bonchev–Trinajstić information content (AvgIpc) is 2.83. The van der Waals surface area contributed by atoms with Crippen LogP contribution < -0.4 is 5.73 Å². The van der Waals surface area contributed by atoms with Crippen molar-refractivity contribution in [2.75, 3.05) is 5.73 Å². The monoisotopic (exact) mass is 274 g/mol. The lowest BCUT2D eigenvalue weighted by molar-refractivity contribution is -0.383. The number of para-hydroxylation sites is 1. The van der Waals surface area contributed by atoms with Gasteiger partial charge in [0.05, 0.1) is 17.2 Å². The maximum absolute atomic E-state index is 10.9. The highest BCUT2D eigenvalue weighted by molar-refractivity contribution is 5.63. The molecule has 0 unspecified atom stereocenters. The summed E-state index contributed by atoms with van der Waals surface area (Å²) >= 11 is 0. The third-order valence-electron chi connectivity index (χ3n) is 3.33. The van der Waals surface area contributed by atoms with Gasteiger partial charge in [-0.3, -0.25) is 14.8 Å². The number of nitrogens with zero attached hydrogens (tertiary/aromatic N) is 3. The predicted molar refractivity (Wildman–Crippen MR) is 77.6 cm³/mol. The van der Waals surface area contributed by atoms with Crippen LogP contribution in [0.5, 0.6) is 0 Å². The van der Waals surface area contributed by atoms with Crippen molar-refractivity contribution in [3.63, 3.8) is 0 Å². The van der Waals surface area contributed by atoms with E-state index in [9.17, 15) is 10.1 Å². The van der Waals surface area contributed by atoms with Gasteiger partial charge in [-0.25, -0.2) is 0 Å². The SMILES string of the molecule is CCc1cc(CC)n(Cc2cccc([N+](=O)[O-])c2N)n1. The molecule has 0 fully saturated rings. The Morgan fingerprint density at radius 2 is 2.10 bits per heavy atom. The molecule has 0 saturated carbocycles. The third-order valence-corrected chi connectivity index (χ3v) is 3.33. The lowest BCUT2D eigenvalue weighted by Gasteiger charge is -2.08. The van der Waals surface area contributed by atoms with Gasteiger partial charge in [-0.2, -0.15) is 5.10 Å². The molecule has 20 heavy (non-hydrogen) atoms. The highest BCUT2D eigenvalue weighted by Gasteiger charge is 2.15. The van der Waals surface area contributed by atoms with Crippen LogP contribution in [-0.4, -0.2) is 14.7 Å². The normalized spacial score (nSPS) is 10.7. The molecule has 0 saturated heterocycles. The molecule has 1 aromatic carbocycles. The van der Waals surface area contributed by atoms with Gasteiger partial charge < -0.3 is 5.73 Å². The molecule has 0 aliphatic rings. The molecular formula is C14H18N4O2. The van der Waals surface area contributed by atoms with Gasteiger partial charge in [0.15, 0.2) is 0 Å². The fourth-order valence-electron chi connectivity index (χ4n) is 2.17. The Kier molecular flexibility index (Phi) is 4.02. The molecule has 1 heterocycles. The molecular weight excluding hydrogens is 256 g/mol. The Balaban J connectivity index is 2.37. The number of nitro groups is 1. The number of nitrogen functional groups attached to an aromatic ring is 1. The van der Waals surface area contributed by atoms with Crippen LogP contribution in [0.1, 0.15) is 30.8 Å². The predicted octanol–water partition coefficient (Wildman–Crippen LogP) is 2.55. The van der Waals surface area contributed by atoms with Crippen LogP contribution in [0.25, 0.3) is 0 Å². The molecule has 0 atom stereocenters. The van der Waals surface area contributed by atoms with Gasteiger partial charge in [0.1, 0.15) is 5.69 Å². The summed E-state index contributed by atoms with van der Waals surface area (Å²) in [5.41, 5.74) is 8.89. The maximum atomic E-state index is 10.9. The molecule has 6 nitrogen and oxygen atoms in total. The van der Waals surface area contributed by atoms with Crippen LogP contribution in [0.15, 0.2) is 24.3 Å². The highest BCUT2D eigenvalue weighted by Crippen LogP contribution is 2.25. The summed E-state index contributed by atoms with van der Waals surface area (Å²) in [7, 11) is 0. The lowest BCUT2D eigenvalue weighted by atomic mass is 10.1. The topological polar surface area (TPSA) is 87.0 Å². The third kappa shape index (κ3) is 2.64. The number of benzene rings is 1. The van der Waals surface area contributed by atoms with Crippen LogP contribution in [0.4, 0.5) is 11.4 Å². The van der Waals surface area contributed by atoms with E-state index in [4.69, 9.17) is 5.73 Å². The Morgan fingerprint density at radius 1 is 1.35 bits per heavy atom.